The zero-order valence-corrected chi connectivity index (χ0v) is 17.6. The molecule has 0 saturated heterocycles. The predicted molar refractivity (Wildman–Crippen MR) is 122 cm³/mol. The summed E-state index contributed by atoms with van der Waals surface area (Å²) in [5, 5.41) is 2.87. The van der Waals surface area contributed by atoms with Gasteiger partial charge in [0.25, 0.3) is 0 Å². The molecule has 0 aliphatic rings. The minimum absolute atomic E-state index is 0.153. The lowest BCUT2D eigenvalue weighted by Crippen LogP contribution is -2.20. The molecule has 0 radical (unpaired) electrons. The summed E-state index contributed by atoms with van der Waals surface area (Å²) in [6.07, 6.45) is 3.27. The van der Waals surface area contributed by atoms with Gasteiger partial charge in [-0.1, -0.05) is 54.6 Å². The highest BCUT2D eigenvalue weighted by molar-refractivity contribution is 5.91. The third kappa shape index (κ3) is 7.55. The number of hydrogen-bond acceptors (Lipinski definition) is 4. The molecule has 0 heterocycles. The second kappa shape index (κ2) is 12.1. The second-order valence-electron chi connectivity index (χ2n) is 6.69. The third-order valence-corrected chi connectivity index (χ3v) is 4.36. The summed E-state index contributed by atoms with van der Waals surface area (Å²) in [5.41, 5.74) is 1.91. The van der Waals surface area contributed by atoms with Crippen molar-refractivity contribution in [1.29, 1.82) is 0 Å². The first-order valence-electron chi connectivity index (χ1n) is 10.3. The number of amides is 1. The van der Waals surface area contributed by atoms with E-state index >= 15 is 0 Å². The number of rotatable bonds is 11. The summed E-state index contributed by atoms with van der Waals surface area (Å²) in [7, 11) is 0. The number of carbonyl (C=O) groups is 1. The van der Waals surface area contributed by atoms with Crippen molar-refractivity contribution >= 4 is 12.0 Å². The number of benzene rings is 3. The summed E-state index contributed by atoms with van der Waals surface area (Å²) in [4.78, 5) is 12.1. The van der Waals surface area contributed by atoms with Crippen LogP contribution in [0.15, 0.2) is 84.9 Å². The van der Waals surface area contributed by atoms with Gasteiger partial charge in [0, 0.05) is 12.6 Å². The number of carbonyl (C=O) groups excluding carboxylic acids is 1. The molecule has 0 bridgehead atoms. The summed E-state index contributed by atoms with van der Waals surface area (Å²) in [6, 6.07) is 25.0. The highest BCUT2D eigenvalue weighted by atomic mass is 16.5. The molecular formula is C26H27NO4. The van der Waals surface area contributed by atoms with Crippen molar-refractivity contribution < 1.29 is 19.0 Å². The van der Waals surface area contributed by atoms with E-state index in [4.69, 9.17) is 14.2 Å². The molecule has 0 aromatic heterocycles. The van der Waals surface area contributed by atoms with Gasteiger partial charge < -0.3 is 19.5 Å². The molecule has 160 valence electrons. The Bertz CT molecular complexity index is 971. The van der Waals surface area contributed by atoms with E-state index in [1.54, 1.807) is 6.08 Å². The Kier molecular flexibility index (Phi) is 8.56. The van der Waals surface area contributed by atoms with Gasteiger partial charge in [-0.2, -0.15) is 0 Å². The van der Waals surface area contributed by atoms with E-state index in [0.29, 0.717) is 37.9 Å². The van der Waals surface area contributed by atoms with Crippen LogP contribution in [0.3, 0.4) is 0 Å². The van der Waals surface area contributed by atoms with E-state index in [-0.39, 0.29) is 5.91 Å². The molecule has 0 fully saturated rings. The van der Waals surface area contributed by atoms with E-state index < -0.39 is 0 Å². The first kappa shape index (κ1) is 22.0. The number of nitrogens with one attached hydrogen (secondary N) is 1. The van der Waals surface area contributed by atoms with Gasteiger partial charge in [-0.25, -0.2) is 0 Å². The van der Waals surface area contributed by atoms with E-state index in [9.17, 15) is 4.79 Å². The van der Waals surface area contributed by atoms with Gasteiger partial charge in [-0.3, -0.25) is 4.79 Å². The maximum atomic E-state index is 12.1. The highest BCUT2D eigenvalue weighted by Gasteiger charge is 2.06. The van der Waals surface area contributed by atoms with Gasteiger partial charge >= 0.3 is 0 Å². The molecule has 0 atom stereocenters. The average molecular weight is 418 g/mol. The van der Waals surface area contributed by atoms with Gasteiger partial charge in [-0.15, -0.1) is 0 Å². The zero-order chi connectivity index (χ0) is 21.7. The average Bonchev–Trinajstić information content (AvgIpc) is 2.81. The smallest absolute Gasteiger partial charge is 0.244 e. The molecule has 3 aromatic rings. The number of hydrogen-bond donors (Lipinski definition) is 1. The standard InChI is InChI=1S/C26H27NO4/c1-2-29-25-19-21(14-16-26(28)27-20-22-9-5-3-6-10-22)13-15-24(25)31-18-17-30-23-11-7-4-8-12-23/h3-16,19H,2,17-18,20H2,1H3,(H,27,28)/b16-14+. The van der Waals surface area contributed by atoms with Crippen molar-refractivity contribution in [3.8, 4) is 17.2 Å². The molecule has 31 heavy (non-hydrogen) atoms. The first-order chi connectivity index (χ1) is 15.2. The quantitative estimate of drug-likeness (QED) is 0.357. The molecule has 0 aliphatic carbocycles. The van der Waals surface area contributed by atoms with Crippen LogP contribution >= 0.6 is 0 Å². The Morgan fingerprint density at radius 3 is 2.29 bits per heavy atom. The minimum atomic E-state index is -0.153. The van der Waals surface area contributed by atoms with E-state index in [2.05, 4.69) is 5.32 Å². The molecule has 3 rings (SSSR count). The topological polar surface area (TPSA) is 56.8 Å². The monoisotopic (exact) mass is 417 g/mol. The van der Waals surface area contributed by atoms with Crippen molar-refractivity contribution in [1.82, 2.24) is 5.32 Å². The Hall–Kier alpha value is -3.73. The summed E-state index contributed by atoms with van der Waals surface area (Å²) < 4.78 is 17.2. The summed E-state index contributed by atoms with van der Waals surface area (Å²) in [5.74, 6) is 1.93. The SMILES string of the molecule is CCOc1cc(/C=C/C(=O)NCc2ccccc2)ccc1OCCOc1ccccc1. The lowest BCUT2D eigenvalue weighted by molar-refractivity contribution is -0.116. The summed E-state index contributed by atoms with van der Waals surface area (Å²) in [6.45, 7) is 3.75. The van der Waals surface area contributed by atoms with Crippen LogP contribution in [0.5, 0.6) is 17.2 Å². The van der Waals surface area contributed by atoms with Gasteiger partial charge in [0.05, 0.1) is 6.61 Å². The van der Waals surface area contributed by atoms with Crippen molar-refractivity contribution in [2.24, 2.45) is 0 Å². The molecule has 0 aliphatic heterocycles. The third-order valence-electron chi connectivity index (χ3n) is 4.36. The lowest BCUT2D eigenvalue weighted by Gasteiger charge is -2.13. The van der Waals surface area contributed by atoms with Crippen LogP contribution in [0.1, 0.15) is 18.1 Å². The van der Waals surface area contributed by atoms with Gasteiger partial charge in [0.1, 0.15) is 19.0 Å². The molecular weight excluding hydrogens is 390 g/mol. The molecule has 1 amide bonds. The van der Waals surface area contributed by atoms with Gasteiger partial charge in [0.2, 0.25) is 5.91 Å². The molecule has 5 nitrogen and oxygen atoms in total. The second-order valence-corrected chi connectivity index (χ2v) is 6.69. The van der Waals surface area contributed by atoms with Gasteiger partial charge in [0.15, 0.2) is 11.5 Å². The van der Waals surface area contributed by atoms with E-state index in [0.717, 1.165) is 16.9 Å². The fourth-order valence-electron chi connectivity index (χ4n) is 2.86. The van der Waals surface area contributed by atoms with Crippen LogP contribution in [-0.4, -0.2) is 25.7 Å². The van der Waals surface area contributed by atoms with Crippen LogP contribution in [0, 0.1) is 0 Å². The van der Waals surface area contributed by atoms with E-state index in [1.807, 2.05) is 85.8 Å². The van der Waals surface area contributed by atoms with Crippen LogP contribution < -0.4 is 19.5 Å². The molecule has 1 N–H and O–H groups in total. The molecule has 3 aromatic carbocycles. The Labute approximate surface area is 183 Å². The summed E-state index contributed by atoms with van der Waals surface area (Å²) >= 11 is 0. The lowest BCUT2D eigenvalue weighted by atomic mass is 10.2. The van der Waals surface area contributed by atoms with Crippen LogP contribution in [-0.2, 0) is 11.3 Å². The van der Waals surface area contributed by atoms with Crippen LogP contribution in [0.25, 0.3) is 6.08 Å². The Balaban J connectivity index is 1.52. The molecule has 0 unspecified atom stereocenters. The maximum Gasteiger partial charge on any atom is 0.244 e. The molecule has 0 saturated carbocycles. The number of ether oxygens (including phenoxy) is 3. The maximum absolute atomic E-state index is 12.1. The van der Waals surface area contributed by atoms with E-state index in [1.165, 1.54) is 6.08 Å². The fraction of sp³-hybridized carbons (Fsp3) is 0.192. The van der Waals surface area contributed by atoms with Crippen molar-refractivity contribution in [2.45, 2.75) is 13.5 Å². The molecule has 5 heteroatoms. The van der Waals surface area contributed by atoms with Crippen LogP contribution in [0.2, 0.25) is 0 Å². The van der Waals surface area contributed by atoms with Crippen LogP contribution in [0.4, 0.5) is 0 Å². The first-order valence-corrected chi connectivity index (χ1v) is 10.3. The minimum Gasteiger partial charge on any atom is -0.490 e. The zero-order valence-electron chi connectivity index (χ0n) is 17.6. The fourth-order valence-corrected chi connectivity index (χ4v) is 2.86. The normalized spacial score (nSPS) is 10.6. The van der Waals surface area contributed by atoms with Crippen molar-refractivity contribution in [3.63, 3.8) is 0 Å². The Morgan fingerprint density at radius 1 is 0.839 bits per heavy atom. The number of para-hydroxylation sites is 1. The largest absolute Gasteiger partial charge is 0.490 e. The van der Waals surface area contributed by atoms with Crippen molar-refractivity contribution in [2.75, 3.05) is 19.8 Å². The predicted octanol–water partition coefficient (Wildman–Crippen LogP) is 4.87. The van der Waals surface area contributed by atoms with Gasteiger partial charge in [-0.05, 0) is 48.4 Å². The van der Waals surface area contributed by atoms with Crippen molar-refractivity contribution in [3.05, 3.63) is 96.1 Å². The Morgan fingerprint density at radius 2 is 1.55 bits per heavy atom. The highest BCUT2D eigenvalue weighted by Crippen LogP contribution is 2.29. The molecule has 0 spiro atoms.